The van der Waals surface area contributed by atoms with Gasteiger partial charge in [0.25, 0.3) is 5.91 Å². The first-order valence-electron chi connectivity index (χ1n) is 9.87. The number of aromatic nitrogens is 2. The van der Waals surface area contributed by atoms with E-state index in [-0.39, 0.29) is 18.2 Å². The van der Waals surface area contributed by atoms with E-state index in [1.807, 2.05) is 31.2 Å². The predicted octanol–water partition coefficient (Wildman–Crippen LogP) is 3.26. The molecule has 1 atom stereocenters. The Morgan fingerprint density at radius 3 is 2.48 bits per heavy atom. The second kappa shape index (κ2) is 8.41. The van der Waals surface area contributed by atoms with Gasteiger partial charge in [-0.15, -0.1) is 0 Å². The summed E-state index contributed by atoms with van der Waals surface area (Å²) in [6.07, 6.45) is -0.592. The Balaban J connectivity index is 1.87. The average molecular weight is 423 g/mol. The van der Waals surface area contributed by atoms with Gasteiger partial charge < -0.3 is 24.2 Å². The van der Waals surface area contributed by atoms with Gasteiger partial charge in [-0.25, -0.2) is 0 Å². The summed E-state index contributed by atoms with van der Waals surface area (Å²) in [5, 5.41) is 17.5. The van der Waals surface area contributed by atoms with E-state index >= 15 is 0 Å². The Labute approximate surface area is 180 Å². The molecule has 1 aromatic heterocycles. The van der Waals surface area contributed by atoms with Crippen LogP contribution in [0.25, 0.3) is 11.3 Å². The summed E-state index contributed by atoms with van der Waals surface area (Å²) in [5.74, 6) is 0.158. The number of hydrogen-bond donors (Lipinski definition) is 2. The molecule has 0 aliphatic carbocycles. The maximum Gasteiger partial charge on any atom is 0.273 e. The summed E-state index contributed by atoms with van der Waals surface area (Å²) in [4.78, 5) is 15.0. The molecule has 0 saturated heterocycles. The second-order valence-corrected chi connectivity index (χ2v) is 7.42. The fourth-order valence-corrected chi connectivity index (χ4v) is 3.93. The lowest BCUT2D eigenvalue weighted by molar-refractivity contribution is -0.113. The highest BCUT2D eigenvalue weighted by Crippen LogP contribution is 2.44. The molecule has 8 heteroatoms. The molecule has 4 rings (SSSR count). The summed E-state index contributed by atoms with van der Waals surface area (Å²) in [6.45, 7) is 2.24. The third-order valence-corrected chi connectivity index (χ3v) is 5.58. The van der Waals surface area contributed by atoms with Crippen LogP contribution in [0, 0.1) is 6.92 Å². The van der Waals surface area contributed by atoms with E-state index in [0.29, 0.717) is 17.1 Å². The lowest BCUT2D eigenvalue weighted by atomic mass is 9.95. The smallest absolute Gasteiger partial charge is 0.273 e. The number of aryl methyl sites for hydroxylation is 1. The third kappa shape index (κ3) is 3.64. The predicted molar refractivity (Wildman–Crippen MR) is 114 cm³/mol. The van der Waals surface area contributed by atoms with Gasteiger partial charge in [-0.1, -0.05) is 35.9 Å². The Morgan fingerprint density at radius 1 is 1.13 bits per heavy atom. The molecule has 1 aliphatic rings. The van der Waals surface area contributed by atoms with E-state index < -0.39 is 12.3 Å². The van der Waals surface area contributed by atoms with E-state index in [2.05, 4.69) is 10.2 Å². The van der Waals surface area contributed by atoms with Crippen LogP contribution in [0.2, 0.25) is 0 Å². The molecule has 2 N–H and O–H groups in total. The van der Waals surface area contributed by atoms with Crippen LogP contribution in [-0.2, 0) is 9.47 Å². The quantitative estimate of drug-likeness (QED) is 0.566. The molecule has 1 amide bonds. The van der Waals surface area contributed by atoms with Crippen LogP contribution in [0.5, 0.6) is 11.5 Å². The van der Waals surface area contributed by atoms with Crippen LogP contribution in [-0.4, -0.2) is 60.3 Å². The molecular weight excluding hydrogens is 398 g/mol. The number of H-pyrrole nitrogens is 1. The fourth-order valence-electron chi connectivity index (χ4n) is 3.93. The average Bonchev–Trinajstić information content (AvgIpc) is 3.32. The van der Waals surface area contributed by atoms with Gasteiger partial charge in [0, 0.05) is 25.3 Å². The molecule has 0 radical (unpaired) electrons. The maximum atomic E-state index is 13.3. The lowest BCUT2D eigenvalue weighted by Gasteiger charge is -2.29. The molecule has 0 bridgehead atoms. The van der Waals surface area contributed by atoms with E-state index in [9.17, 15) is 9.90 Å². The molecule has 2 heterocycles. The van der Waals surface area contributed by atoms with Gasteiger partial charge >= 0.3 is 0 Å². The largest absolute Gasteiger partial charge is 0.504 e. The zero-order valence-corrected chi connectivity index (χ0v) is 17.9. The number of methoxy groups -OCH3 is 3. The van der Waals surface area contributed by atoms with Gasteiger partial charge in [0.15, 0.2) is 17.8 Å². The molecule has 162 valence electrons. The van der Waals surface area contributed by atoms with Gasteiger partial charge in [-0.2, -0.15) is 5.10 Å². The van der Waals surface area contributed by atoms with E-state index in [1.54, 1.807) is 23.1 Å². The number of phenolic OH excluding ortho intramolecular Hbond substituents is 1. The molecule has 3 aromatic rings. The molecule has 0 spiro atoms. The minimum absolute atomic E-state index is 0.0277. The van der Waals surface area contributed by atoms with Crippen LogP contribution in [0.3, 0.4) is 0 Å². The first-order chi connectivity index (χ1) is 15.0. The zero-order valence-electron chi connectivity index (χ0n) is 17.9. The van der Waals surface area contributed by atoms with Crippen molar-refractivity contribution in [3.05, 3.63) is 64.8 Å². The van der Waals surface area contributed by atoms with Crippen molar-refractivity contribution in [2.45, 2.75) is 19.3 Å². The van der Waals surface area contributed by atoms with E-state index in [4.69, 9.17) is 14.2 Å². The number of aromatic amines is 1. The number of benzene rings is 2. The van der Waals surface area contributed by atoms with Crippen LogP contribution in [0.15, 0.2) is 42.5 Å². The monoisotopic (exact) mass is 423 g/mol. The van der Waals surface area contributed by atoms with Crippen molar-refractivity contribution in [1.82, 2.24) is 15.1 Å². The molecule has 0 saturated carbocycles. The number of amides is 1. The number of nitrogens with zero attached hydrogens (tertiary/aromatic N) is 2. The van der Waals surface area contributed by atoms with Gasteiger partial charge in [0.05, 0.1) is 25.4 Å². The second-order valence-electron chi connectivity index (χ2n) is 7.42. The number of carbonyl (C=O) groups excluding carboxylic acids is 1. The minimum atomic E-state index is -0.592. The highest BCUT2D eigenvalue weighted by molar-refractivity contribution is 6.00. The number of rotatable bonds is 7. The molecule has 2 aromatic carbocycles. The molecule has 0 fully saturated rings. The summed E-state index contributed by atoms with van der Waals surface area (Å²) >= 11 is 0. The van der Waals surface area contributed by atoms with Crippen molar-refractivity contribution in [2.75, 3.05) is 27.9 Å². The summed E-state index contributed by atoms with van der Waals surface area (Å²) in [7, 11) is 4.56. The van der Waals surface area contributed by atoms with Crippen molar-refractivity contribution in [3.63, 3.8) is 0 Å². The number of ether oxygens (including phenoxy) is 3. The first kappa shape index (κ1) is 20.9. The molecule has 1 aliphatic heterocycles. The number of phenols is 1. The van der Waals surface area contributed by atoms with Crippen molar-refractivity contribution in [1.29, 1.82) is 0 Å². The van der Waals surface area contributed by atoms with Crippen molar-refractivity contribution in [3.8, 4) is 22.8 Å². The number of nitrogens with one attached hydrogen (secondary N) is 1. The third-order valence-electron chi connectivity index (χ3n) is 5.58. The standard InChI is InChI=1S/C23H25N3O5/c1-13-5-7-14(8-6-13)20-19-21(25-24-20)23(28)26(12-18(30-3)31-4)22(19)15-9-10-16(27)17(11-15)29-2/h5-11,18,22,27H,12H2,1-4H3,(H,24,25). The molecule has 1 unspecified atom stereocenters. The zero-order chi connectivity index (χ0) is 22.1. The van der Waals surface area contributed by atoms with E-state index in [1.165, 1.54) is 21.3 Å². The Bertz CT molecular complexity index is 1090. The van der Waals surface area contributed by atoms with Crippen molar-refractivity contribution < 1.29 is 24.1 Å². The highest BCUT2D eigenvalue weighted by Gasteiger charge is 2.43. The number of carbonyl (C=O) groups is 1. The van der Waals surface area contributed by atoms with Crippen LogP contribution < -0.4 is 4.74 Å². The van der Waals surface area contributed by atoms with Gasteiger partial charge in [0.1, 0.15) is 5.69 Å². The van der Waals surface area contributed by atoms with Gasteiger partial charge in [-0.05, 0) is 24.6 Å². The van der Waals surface area contributed by atoms with Crippen LogP contribution >= 0.6 is 0 Å². The van der Waals surface area contributed by atoms with Gasteiger partial charge in [-0.3, -0.25) is 9.89 Å². The van der Waals surface area contributed by atoms with Crippen LogP contribution in [0.1, 0.15) is 33.2 Å². The minimum Gasteiger partial charge on any atom is -0.504 e. The van der Waals surface area contributed by atoms with E-state index in [0.717, 1.165) is 22.3 Å². The summed E-state index contributed by atoms with van der Waals surface area (Å²) in [5.41, 5.74) is 4.72. The van der Waals surface area contributed by atoms with Crippen molar-refractivity contribution in [2.24, 2.45) is 0 Å². The Morgan fingerprint density at radius 2 is 1.84 bits per heavy atom. The summed E-state index contributed by atoms with van der Waals surface area (Å²) in [6, 6.07) is 12.6. The lowest BCUT2D eigenvalue weighted by Crippen LogP contribution is -2.38. The molecule has 31 heavy (non-hydrogen) atoms. The van der Waals surface area contributed by atoms with Crippen molar-refractivity contribution >= 4 is 5.91 Å². The molecule has 8 nitrogen and oxygen atoms in total. The first-order valence-corrected chi connectivity index (χ1v) is 9.87. The van der Waals surface area contributed by atoms with Crippen LogP contribution in [0.4, 0.5) is 0 Å². The normalized spacial score (nSPS) is 15.6. The maximum absolute atomic E-state index is 13.3. The Hall–Kier alpha value is -3.36. The molecular formula is C23H25N3O5. The number of hydrogen-bond acceptors (Lipinski definition) is 6. The topological polar surface area (TPSA) is 96.9 Å². The summed E-state index contributed by atoms with van der Waals surface area (Å²) < 4.78 is 16.0. The Kier molecular flexibility index (Phi) is 5.67. The highest BCUT2D eigenvalue weighted by atomic mass is 16.7. The van der Waals surface area contributed by atoms with Gasteiger partial charge in [0.2, 0.25) is 0 Å². The fraction of sp³-hybridized carbons (Fsp3) is 0.304. The SMILES string of the molecule is COc1cc(C2c3c(-c4ccc(C)cc4)n[nH]c3C(=O)N2CC(OC)OC)ccc1O. The number of aromatic hydroxyl groups is 1. The number of fused-ring (bicyclic) bond motifs is 1.